The van der Waals surface area contributed by atoms with Crippen molar-refractivity contribution in [2.45, 2.75) is 25.8 Å². The minimum atomic E-state index is -1.05. The highest BCUT2D eigenvalue weighted by atomic mass is 16.6. The maximum atomic E-state index is 10.8. The van der Waals surface area contributed by atoms with Gasteiger partial charge in [-0.05, 0) is 18.8 Å². The number of hydrogen-bond acceptors (Lipinski definition) is 4. The third-order valence-corrected chi connectivity index (χ3v) is 2.96. The van der Waals surface area contributed by atoms with Gasteiger partial charge in [-0.2, -0.15) is 0 Å². The van der Waals surface area contributed by atoms with Crippen LogP contribution < -0.4 is 5.73 Å². The van der Waals surface area contributed by atoms with Gasteiger partial charge < -0.3 is 10.8 Å². The van der Waals surface area contributed by atoms with Crippen LogP contribution in [0.25, 0.3) is 0 Å². The summed E-state index contributed by atoms with van der Waals surface area (Å²) in [6.07, 6.45) is 0.942. The zero-order chi connectivity index (χ0) is 13.7. The molecule has 0 aliphatic carbocycles. The normalized spacial score (nSPS) is 13.9. The summed E-state index contributed by atoms with van der Waals surface area (Å²) in [4.78, 5) is 21.1. The SMILES string of the molecule is CC(CCc1ccccc1[N+](=O)[O-])[C@H](N)C(=O)O. The van der Waals surface area contributed by atoms with Gasteiger partial charge in [0.2, 0.25) is 0 Å². The number of carboxylic acids is 1. The lowest BCUT2D eigenvalue weighted by atomic mass is 9.94. The van der Waals surface area contributed by atoms with Crippen LogP contribution in [0.4, 0.5) is 5.69 Å². The molecule has 1 aromatic rings. The highest BCUT2D eigenvalue weighted by Crippen LogP contribution is 2.21. The van der Waals surface area contributed by atoms with E-state index in [1.807, 2.05) is 0 Å². The number of nitrogens with two attached hydrogens (primary N) is 1. The largest absolute Gasteiger partial charge is 0.480 e. The molecule has 0 amide bonds. The average molecular weight is 252 g/mol. The van der Waals surface area contributed by atoms with Crippen LogP contribution in [0.15, 0.2) is 24.3 Å². The Hall–Kier alpha value is -1.95. The maximum Gasteiger partial charge on any atom is 0.320 e. The van der Waals surface area contributed by atoms with Crippen molar-refractivity contribution in [3.05, 3.63) is 39.9 Å². The molecule has 0 aliphatic rings. The number of nitro groups is 1. The van der Waals surface area contributed by atoms with E-state index in [0.29, 0.717) is 18.4 Å². The number of hydrogen-bond donors (Lipinski definition) is 2. The summed E-state index contributed by atoms with van der Waals surface area (Å²) >= 11 is 0. The van der Waals surface area contributed by atoms with Crippen molar-refractivity contribution in [2.75, 3.05) is 0 Å². The molecule has 2 atom stereocenters. The third-order valence-electron chi connectivity index (χ3n) is 2.96. The highest BCUT2D eigenvalue weighted by Gasteiger charge is 2.21. The number of nitro benzene ring substituents is 1. The fraction of sp³-hybridized carbons (Fsp3) is 0.417. The number of nitrogens with zero attached hydrogens (tertiary/aromatic N) is 1. The minimum Gasteiger partial charge on any atom is -0.480 e. The van der Waals surface area contributed by atoms with Gasteiger partial charge in [-0.3, -0.25) is 14.9 Å². The Balaban J connectivity index is 2.69. The number of aliphatic carboxylic acids is 1. The van der Waals surface area contributed by atoms with Gasteiger partial charge in [-0.15, -0.1) is 0 Å². The minimum absolute atomic E-state index is 0.0635. The Morgan fingerprint density at radius 3 is 2.67 bits per heavy atom. The maximum absolute atomic E-state index is 10.8. The predicted molar refractivity (Wildman–Crippen MR) is 66.2 cm³/mol. The molecule has 3 N–H and O–H groups in total. The van der Waals surface area contributed by atoms with Crippen LogP contribution in [0, 0.1) is 16.0 Å². The molecule has 6 heteroatoms. The molecular formula is C12H16N2O4. The second kappa shape index (κ2) is 6.11. The van der Waals surface area contributed by atoms with E-state index in [4.69, 9.17) is 10.8 Å². The number of carboxylic acid groups (broad SMARTS) is 1. The Bertz CT molecular complexity index is 447. The van der Waals surface area contributed by atoms with Gasteiger partial charge in [0.05, 0.1) is 4.92 Å². The quantitative estimate of drug-likeness (QED) is 0.590. The summed E-state index contributed by atoms with van der Waals surface area (Å²) in [6, 6.07) is 5.51. The van der Waals surface area contributed by atoms with Crippen LogP contribution >= 0.6 is 0 Å². The van der Waals surface area contributed by atoms with E-state index in [1.165, 1.54) is 6.07 Å². The molecule has 0 bridgehead atoms. The van der Waals surface area contributed by atoms with Crippen LogP contribution in [0.3, 0.4) is 0 Å². The first-order chi connectivity index (χ1) is 8.43. The molecule has 0 radical (unpaired) electrons. The van der Waals surface area contributed by atoms with Gasteiger partial charge in [-0.1, -0.05) is 25.1 Å². The van der Waals surface area contributed by atoms with Gasteiger partial charge >= 0.3 is 5.97 Å². The Morgan fingerprint density at radius 1 is 1.50 bits per heavy atom. The standard InChI is InChI=1S/C12H16N2O4/c1-8(11(13)12(15)16)6-7-9-4-2-3-5-10(9)14(17)18/h2-5,8,11H,6-7,13H2,1H3,(H,15,16)/t8?,11-/m0/s1. The lowest BCUT2D eigenvalue weighted by Gasteiger charge is -2.15. The second-order valence-electron chi connectivity index (χ2n) is 4.27. The van der Waals surface area contributed by atoms with Crippen LogP contribution in [0.1, 0.15) is 18.9 Å². The summed E-state index contributed by atoms with van der Waals surface area (Å²) in [5, 5.41) is 19.6. The summed E-state index contributed by atoms with van der Waals surface area (Å²) in [6.45, 7) is 1.73. The van der Waals surface area contributed by atoms with E-state index >= 15 is 0 Å². The van der Waals surface area contributed by atoms with Crippen LogP contribution in [0.2, 0.25) is 0 Å². The smallest absolute Gasteiger partial charge is 0.320 e. The molecule has 0 saturated heterocycles. The van der Waals surface area contributed by atoms with E-state index in [9.17, 15) is 14.9 Å². The van der Waals surface area contributed by atoms with Crippen LogP contribution in [-0.4, -0.2) is 22.0 Å². The number of benzene rings is 1. The van der Waals surface area contributed by atoms with Crippen molar-refractivity contribution in [2.24, 2.45) is 11.7 Å². The van der Waals surface area contributed by atoms with E-state index in [2.05, 4.69) is 0 Å². The zero-order valence-electron chi connectivity index (χ0n) is 10.1. The lowest BCUT2D eigenvalue weighted by Crippen LogP contribution is -2.36. The first-order valence-corrected chi connectivity index (χ1v) is 5.64. The van der Waals surface area contributed by atoms with E-state index < -0.39 is 16.9 Å². The van der Waals surface area contributed by atoms with Crippen molar-refractivity contribution in [3.8, 4) is 0 Å². The molecule has 1 aromatic carbocycles. The van der Waals surface area contributed by atoms with Crippen molar-refractivity contribution < 1.29 is 14.8 Å². The Labute approximate surface area is 105 Å². The van der Waals surface area contributed by atoms with Gasteiger partial charge in [0, 0.05) is 11.6 Å². The molecule has 0 spiro atoms. The first-order valence-electron chi connectivity index (χ1n) is 5.64. The molecule has 98 valence electrons. The van der Waals surface area contributed by atoms with E-state index in [-0.39, 0.29) is 11.6 Å². The number of rotatable bonds is 6. The van der Waals surface area contributed by atoms with E-state index in [1.54, 1.807) is 25.1 Å². The molecule has 18 heavy (non-hydrogen) atoms. The fourth-order valence-electron chi connectivity index (χ4n) is 1.71. The van der Waals surface area contributed by atoms with Crippen LogP contribution in [0.5, 0.6) is 0 Å². The lowest BCUT2D eigenvalue weighted by molar-refractivity contribution is -0.385. The van der Waals surface area contributed by atoms with Gasteiger partial charge in [0.15, 0.2) is 0 Å². The highest BCUT2D eigenvalue weighted by molar-refractivity contribution is 5.73. The predicted octanol–water partition coefficient (Wildman–Crippen LogP) is 1.58. The molecular weight excluding hydrogens is 236 g/mol. The summed E-state index contributed by atoms with van der Waals surface area (Å²) in [5.74, 6) is -1.28. The summed E-state index contributed by atoms with van der Waals surface area (Å²) in [7, 11) is 0. The molecule has 0 saturated carbocycles. The van der Waals surface area contributed by atoms with Crippen LogP contribution in [-0.2, 0) is 11.2 Å². The summed E-state index contributed by atoms with van der Waals surface area (Å²) in [5.41, 5.74) is 6.16. The van der Waals surface area contributed by atoms with Crippen molar-refractivity contribution in [1.29, 1.82) is 0 Å². The summed E-state index contributed by atoms with van der Waals surface area (Å²) < 4.78 is 0. The molecule has 6 nitrogen and oxygen atoms in total. The van der Waals surface area contributed by atoms with Crippen molar-refractivity contribution >= 4 is 11.7 Å². The molecule has 0 heterocycles. The van der Waals surface area contributed by atoms with Crippen molar-refractivity contribution in [3.63, 3.8) is 0 Å². The van der Waals surface area contributed by atoms with Gasteiger partial charge in [-0.25, -0.2) is 0 Å². The van der Waals surface area contributed by atoms with Gasteiger partial charge in [0.1, 0.15) is 6.04 Å². The zero-order valence-corrected chi connectivity index (χ0v) is 10.1. The Morgan fingerprint density at radius 2 is 2.11 bits per heavy atom. The number of carbonyl (C=O) groups is 1. The average Bonchev–Trinajstić information content (AvgIpc) is 2.35. The second-order valence-corrected chi connectivity index (χ2v) is 4.27. The third kappa shape index (κ3) is 3.53. The monoisotopic (exact) mass is 252 g/mol. The molecule has 0 aliphatic heterocycles. The number of para-hydroxylation sites is 1. The molecule has 0 fully saturated rings. The van der Waals surface area contributed by atoms with E-state index in [0.717, 1.165) is 0 Å². The molecule has 1 unspecified atom stereocenters. The number of aryl methyl sites for hydroxylation is 1. The van der Waals surface area contributed by atoms with Gasteiger partial charge in [0.25, 0.3) is 5.69 Å². The topological polar surface area (TPSA) is 106 Å². The first kappa shape index (κ1) is 14.1. The molecule has 1 rings (SSSR count). The van der Waals surface area contributed by atoms with Crippen molar-refractivity contribution in [1.82, 2.24) is 0 Å². The molecule has 0 aromatic heterocycles. The fourth-order valence-corrected chi connectivity index (χ4v) is 1.71. The Kier molecular flexibility index (Phi) is 4.79.